The first-order chi connectivity index (χ1) is 10.8. The minimum absolute atomic E-state index is 1.19. The Morgan fingerprint density at radius 2 is 1.41 bits per heavy atom. The third-order valence-corrected chi connectivity index (χ3v) is 4.07. The van der Waals surface area contributed by atoms with Gasteiger partial charge in [0.15, 0.2) is 0 Å². The highest BCUT2D eigenvalue weighted by molar-refractivity contribution is 5.72. The molecule has 0 amide bonds. The zero-order chi connectivity index (χ0) is 16.2. The topological polar surface area (TPSA) is 0 Å². The largest absolute Gasteiger partial charge is 0.0810 e. The van der Waals surface area contributed by atoms with E-state index in [-0.39, 0.29) is 0 Å². The van der Waals surface area contributed by atoms with Gasteiger partial charge in [-0.3, -0.25) is 0 Å². The number of allylic oxidation sites excluding steroid dienone is 4. The van der Waals surface area contributed by atoms with Crippen LogP contribution in [0.1, 0.15) is 84.6 Å². The number of unbranched alkanes of at least 4 members (excludes halogenated alkanes) is 1. The van der Waals surface area contributed by atoms with Gasteiger partial charge in [-0.2, -0.15) is 0 Å². The van der Waals surface area contributed by atoms with Crippen molar-refractivity contribution in [2.45, 2.75) is 79.1 Å². The number of benzene rings is 1. The van der Waals surface area contributed by atoms with Crippen LogP contribution in [0.4, 0.5) is 0 Å². The number of rotatable bonds is 10. The summed E-state index contributed by atoms with van der Waals surface area (Å²) in [5.41, 5.74) is 6.25. The molecule has 0 aliphatic carbocycles. The van der Waals surface area contributed by atoms with Crippen LogP contribution < -0.4 is 0 Å². The lowest BCUT2D eigenvalue weighted by Crippen LogP contribution is -1.98. The molecule has 0 bridgehead atoms. The molecule has 0 aromatic heterocycles. The van der Waals surface area contributed by atoms with Gasteiger partial charge in [0.25, 0.3) is 0 Å². The summed E-state index contributed by atoms with van der Waals surface area (Å²) in [5.74, 6) is 0. The van der Waals surface area contributed by atoms with Gasteiger partial charge in [-0.1, -0.05) is 89.8 Å². The Morgan fingerprint density at radius 3 is 1.95 bits per heavy atom. The quantitative estimate of drug-likeness (QED) is 0.391. The van der Waals surface area contributed by atoms with Gasteiger partial charge in [0.05, 0.1) is 0 Å². The van der Waals surface area contributed by atoms with E-state index < -0.39 is 0 Å². The van der Waals surface area contributed by atoms with Gasteiger partial charge in [-0.05, 0) is 48.0 Å². The molecule has 1 rings (SSSR count). The van der Waals surface area contributed by atoms with Crippen LogP contribution in [0, 0.1) is 0 Å². The molecule has 0 heteroatoms. The number of hydrogen-bond donors (Lipinski definition) is 0. The highest BCUT2D eigenvalue weighted by Gasteiger charge is 2.12. The SMILES string of the molecule is CCCC=C(CCC)C(CCC)=C(CCC)c1ccccc1. The summed E-state index contributed by atoms with van der Waals surface area (Å²) in [5, 5.41) is 0. The highest BCUT2D eigenvalue weighted by Crippen LogP contribution is 2.33. The molecule has 0 fully saturated rings. The third-order valence-electron chi connectivity index (χ3n) is 4.07. The van der Waals surface area contributed by atoms with E-state index in [0.29, 0.717) is 0 Å². The third kappa shape index (κ3) is 5.83. The zero-order valence-electron chi connectivity index (χ0n) is 15.1. The van der Waals surface area contributed by atoms with Crippen LogP contribution >= 0.6 is 0 Å². The van der Waals surface area contributed by atoms with Crippen molar-refractivity contribution in [2.75, 3.05) is 0 Å². The molecule has 1 aromatic rings. The molecule has 22 heavy (non-hydrogen) atoms. The monoisotopic (exact) mass is 298 g/mol. The van der Waals surface area contributed by atoms with Gasteiger partial charge >= 0.3 is 0 Å². The maximum absolute atomic E-state index is 2.51. The normalized spacial score (nSPS) is 13.2. The Morgan fingerprint density at radius 1 is 0.773 bits per heavy atom. The Hall–Kier alpha value is -1.30. The van der Waals surface area contributed by atoms with E-state index in [1.807, 2.05) is 0 Å². The second kappa shape index (κ2) is 11.3. The predicted molar refractivity (Wildman–Crippen MR) is 101 cm³/mol. The van der Waals surface area contributed by atoms with Crippen LogP contribution in [0.5, 0.6) is 0 Å². The molecule has 0 aliphatic rings. The Balaban J connectivity index is 3.34. The van der Waals surface area contributed by atoms with Crippen molar-refractivity contribution >= 4 is 5.57 Å². The van der Waals surface area contributed by atoms with Crippen molar-refractivity contribution in [1.82, 2.24) is 0 Å². The van der Waals surface area contributed by atoms with Gasteiger partial charge in [-0.25, -0.2) is 0 Å². The van der Waals surface area contributed by atoms with Crippen LogP contribution in [-0.2, 0) is 0 Å². The van der Waals surface area contributed by atoms with Crippen molar-refractivity contribution in [1.29, 1.82) is 0 Å². The van der Waals surface area contributed by atoms with E-state index in [2.05, 4.69) is 64.1 Å². The van der Waals surface area contributed by atoms with Gasteiger partial charge in [0, 0.05) is 0 Å². The van der Waals surface area contributed by atoms with Crippen molar-refractivity contribution in [2.24, 2.45) is 0 Å². The molecule has 0 N–H and O–H groups in total. The molecule has 122 valence electrons. The fourth-order valence-electron chi connectivity index (χ4n) is 3.08. The highest BCUT2D eigenvalue weighted by atomic mass is 14.2. The Labute approximate surface area is 138 Å². The molecule has 0 atom stereocenters. The predicted octanol–water partition coefficient (Wildman–Crippen LogP) is 7.57. The lowest BCUT2D eigenvalue weighted by atomic mass is 9.87. The van der Waals surface area contributed by atoms with Gasteiger partial charge in [0.2, 0.25) is 0 Å². The first-order valence-electron chi connectivity index (χ1n) is 9.25. The van der Waals surface area contributed by atoms with E-state index in [1.54, 1.807) is 16.7 Å². The lowest BCUT2D eigenvalue weighted by Gasteiger charge is -2.19. The lowest BCUT2D eigenvalue weighted by molar-refractivity contribution is 0.831. The van der Waals surface area contributed by atoms with Gasteiger partial charge in [-0.15, -0.1) is 0 Å². The maximum Gasteiger partial charge on any atom is -0.0222 e. The summed E-state index contributed by atoms with van der Waals surface area (Å²) < 4.78 is 0. The average molecular weight is 299 g/mol. The summed E-state index contributed by atoms with van der Waals surface area (Å²) in [6.07, 6.45) is 12.2. The van der Waals surface area contributed by atoms with Crippen LogP contribution in [0.15, 0.2) is 47.6 Å². The van der Waals surface area contributed by atoms with E-state index in [4.69, 9.17) is 0 Å². The first-order valence-corrected chi connectivity index (χ1v) is 9.25. The van der Waals surface area contributed by atoms with Crippen LogP contribution in [0.2, 0.25) is 0 Å². The molecule has 0 saturated carbocycles. The van der Waals surface area contributed by atoms with Gasteiger partial charge < -0.3 is 0 Å². The molecular formula is C22H34. The fraction of sp³-hybridized carbons (Fsp3) is 0.545. The zero-order valence-corrected chi connectivity index (χ0v) is 15.1. The molecule has 0 unspecified atom stereocenters. The summed E-state index contributed by atoms with van der Waals surface area (Å²) in [7, 11) is 0. The summed E-state index contributed by atoms with van der Waals surface area (Å²) in [6, 6.07) is 11.0. The molecule has 0 radical (unpaired) electrons. The standard InChI is InChI=1S/C22H34/c1-5-9-16-19(13-6-2)21(14-7-3)22(15-8-4)20-17-11-10-12-18-20/h10-12,16-18H,5-9,13-15H2,1-4H3. The summed E-state index contributed by atoms with van der Waals surface area (Å²) in [6.45, 7) is 9.17. The first kappa shape index (κ1) is 18.7. The molecule has 0 spiro atoms. The van der Waals surface area contributed by atoms with Crippen molar-refractivity contribution in [3.8, 4) is 0 Å². The Bertz CT molecular complexity index is 462. The average Bonchev–Trinajstić information content (AvgIpc) is 2.56. The summed E-state index contributed by atoms with van der Waals surface area (Å²) >= 11 is 0. The van der Waals surface area contributed by atoms with Crippen LogP contribution in [-0.4, -0.2) is 0 Å². The minimum atomic E-state index is 1.19. The maximum atomic E-state index is 2.51. The molecule has 1 aromatic carbocycles. The minimum Gasteiger partial charge on any atom is -0.0810 e. The van der Waals surface area contributed by atoms with E-state index in [1.165, 1.54) is 56.9 Å². The van der Waals surface area contributed by atoms with Gasteiger partial charge in [0.1, 0.15) is 0 Å². The van der Waals surface area contributed by atoms with Crippen molar-refractivity contribution in [3.05, 3.63) is 53.1 Å². The molecule has 0 heterocycles. The smallest absolute Gasteiger partial charge is 0.0222 e. The molecule has 0 nitrogen and oxygen atoms in total. The van der Waals surface area contributed by atoms with E-state index >= 15 is 0 Å². The molecular weight excluding hydrogens is 264 g/mol. The summed E-state index contributed by atoms with van der Waals surface area (Å²) in [4.78, 5) is 0. The Kier molecular flexibility index (Phi) is 9.62. The molecule has 0 saturated heterocycles. The second-order valence-corrected chi connectivity index (χ2v) is 6.09. The number of hydrogen-bond acceptors (Lipinski definition) is 0. The second-order valence-electron chi connectivity index (χ2n) is 6.09. The van der Waals surface area contributed by atoms with Crippen LogP contribution in [0.25, 0.3) is 5.57 Å². The molecule has 0 aliphatic heterocycles. The van der Waals surface area contributed by atoms with E-state index in [0.717, 1.165) is 0 Å². The van der Waals surface area contributed by atoms with E-state index in [9.17, 15) is 0 Å². The van der Waals surface area contributed by atoms with Crippen molar-refractivity contribution < 1.29 is 0 Å². The fourth-order valence-corrected chi connectivity index (χ4v) is 3.08. The van der Waals surface area contributed by atoms with Crippen LogP contribution in [0.3, 0.4) is 0 Å². The van der Waals surface area contributed by atoms with Crippen molar-refractivity contribution in [3.63, 3.8) is 0 Å².